The van der Waals surface area contributed by atoms with Gasteiger partial charge in [0.25, 0.3) is 0 Å². The van der Waals surface area contributed by atoms with Crippen molar-refractivity contribution < 1.29 is 14.3 Å². The SMILES string of the molecule is COCCOc1cc2c(c(N=O)c1)NC(C=O)C2. The van der Waals surface area contributed by atoms with Crippen molar-refractivity contribution in [1.29, 1.82) is 0 Å². The number of hydrogen-bond donors (Lipinski definition) is 1. The summed E-state index contributed by atoms with van der Waals surface area (Å²) in [6.07, 6.45) is 1.36. The van der Waals surface area contributed by atoms with Crippen LogP contribution in [0.1, 0.15) is 5.56 Å². The van der Waals surface area contributed by atoms with Crippen molar-refractivity contribution in [3.05, 3.63) is 22.6 Å². The lowest BCUT2D eigenvalue weighted by atomic mass is 10.1. The molecule has 1 aromatic carbocycles. The van der Waals surface area contributed by atoms with Gasteiger partial charge in [0.15, 0.2) is 0 Å². The molecule has 0 bridgehead atoms. The molecule has 1 atom stereocenters. The normalized spacial score (nSPS) is 16.8. The first-order valence-electron chi connectivity index (χ1n) is 5.62. The zero-order valence-electron chi connectivity index (χ0n) is 10.0. The van der Waals surface area contributed by atoms with E-state index in [9.17, 15) is 9.70 Å². The Morgan fingerprint density at radius 2 is 2.33 bits per heavy atom. The van der Waals surface area contributed by atoms with Crippen molar-refractivity contribution in [2.45, 2.75) is 12.5 Å². The molecule has 6 heteroatoms. The van der Waals surface area contributed by atoms with Gasteiger partial charge in [0.1, 0.15) is 24.3 Å². The zero-order valence-corrected chi connectivity index (χ0v) is 10.0. The second-order valence-electron chi connectivity index (χ2n) is 4.00. The van der Waals surface area contributed by atoms with Crippen LogP contribution in [0.4, 0.5) is 11.4 Å². The van der Waals surface area contributed by atoms with E-state index in [1.54, 1.807) is 13.2 Å². The maximum absolute atomic E-state index is 10.8. The van der Waals surface area contributed by atoms with Crippen molar-refractivity contribution in [1.82, 2.24) is 0 Å². The van der Waals surface area contributed by atoms with Crippen molar-refractivity contribution in [2.24, 2.45) is 5.18 Å². The van der Waals surface area contributed by atoms with Gasteiger partial charge in [-0.05, 0) is 16.8 Å². The Bertz CT molecular complexity index is 462. The standard InChI is InChI=1S/C12H14N2O4/c1-17-2-3-18-10-5-8-4-9(7-15)13-12(8)11(6-10)14-16/h5-7,9,13H,2-4H2,1H3. The summed E-state index contributed by atoms with van der Waals surface area (Å²) >= 11 is 0. The average Bonchev–Trinajstić information content (AvgIpc) is 2.81. The van der Waals surface area contributed by atoms with Crippen LogP contribution < -0.4 is 10.1 Å². The highest BCUT2D eigenvalue weighted by atomic mass is 16.5. The lowest BCUT2D eigenvalue weighted by molar-refractivity contribution is -0.108. The van der Waals surface area contributed by atoms with Crippen molar-refractivity contribution >= 4 is 17.7 Å². The number of methoxy groups -OCH3 is 1. The van der Waals surface area contributed by atoms with Crippen molar-refractivity contribution in [3.8, 4) is 5.75 Å². The molecule has 0 saturated carbocycles. The minimum Gasteiger partial charge on any atom is -0.491 e. The third kappa shape index (κ3) is 2.48. The fraction of sp³-hybridized carbons (Fsp3) is 0.417. The molecular formula is C12H14N2O4. The smallest absolute Gasteiger partial charge is 0.142 e. The quantitative estimate of drug-likeness (QED) is 0.472. The van der Waals surface area contributed by atoms with E-state index in [1.165, 1.54) is 0 Å². The summed E-state index contributed by atoms with van der Waals surface area (Å²) in [5, 5.41) is 5.92. The molecule has 18 heavy (non-hydrogen) atoms. The lowest BCUT2D eigenvalue weighted by Crippen LogP contribution is -2.16. The van der Waals surface area contributed by atoms with Gasteiger partial charge in [-0.2, -0.15) is 0 Å². The number of nitrogens with one attached hydrogen (secondary N) is 1. The minimum atomic E-state index is -0.297. The number of aldehydes is 1. The van der Waals surface area contributed by atoms with Gasteiger partial charge in [-0.15, -0.1) is 4.91 Å². The van der Waals surface area contributed by atoms with Crippen LogP contribution in [-0.4, -0.2) is 32.7 Å². The van der Waals surface area contributed by atoms with Crippen molar-refractivity contribution in [2.75, 3.05) is 25.6 Å². The number of carbonyl (C=O) groups is 1. The Morgan fingerprint density at radius 1 is 1.50 bits per heavy atom. The average molecular weight is 250 g/mol. The molecule has 0 aromatic heterocycles. The Hall–Kier alpha value is -1.95. The van der Waals surface area contributed by atoms with E-state index < -0.39 is 0 Å². The van der Waals surface area contributed by atoms with E-state index >= 15 is 0 Å². The lowest BCUT2D eigenvalue weighted by Gasteiger charge is -2.08. The topological polar surface area (TPSA) is 77.0 Å². The van der Waals surface area contributed by atoms with Crippen LogP contribution in [0.25, 0.3) is 0 Å². The first-order chi connectivity index (χ1) is 8.78. The van der Waals surface area contributed by atoms with E-state index in [0.29, 0.717) is 31.1 Å². The summed E-state index contributed by atoms with van der Waals surface area (Å²) < 4.78 is 10.3. The largest absolute Gasteiger partial charge is 0.491 e. The molecule has 0 fully saturated rings. The summed E-state index contributed by atoms with van der Waals surface area (Å²) in [7, 11) is 1.59. The highest BCUT2D eigenvalue weighted by molar-refractivity contribution is 5.80. The predicted molar refractivity (Wildman–Crippen MR) is 66.4 cm³/mol. The van der Waals surface area contributed by atoms with Gasteiger partial charge in [-0.3, -0.25) is 0 Å². The summed E-state index contributed by atoms with van der Waals surface area (Å²) in [5.74, 6) is 0.564. The monoisotopic (exact) mass is 250 g/mol. The summed E-state index contributed by atoms with van der Waals surface area (Å²) in [5.41, 5.74) is 1.77. The molecule has 1 aromatic rings. The minimum absolute atomic E-state index is 0.268. The highest BCUT2D eigenvalue weighted by Crippen LogP contribution is 2.38. The Labute approximate surface area is 104 Å². The molecule has 96 valence electrons. The molecule has 0 amide bonds. The number of nitrogens with zero attached hydrogens (tertiary/aromatic N) is 1. The third-order valence-corrected chi connectivity index (χ3v) is 2.76. The van der Waals surface area contributed by atoms with E-state index in [2.05, 4.69) is 10.5 Å². The van der Waals surface area contributed by atoms with Gasteiger partial charge >= 0.3 is 0 Å². The Morgan fingerprint density at radius 3 is 3.00 bits per heavy atom. The van der Waals surface area contributed by atoms with E-state index in [0.717, 1.165) is 11.8 Å². The number of nitroso groups, excluding NO2 is 1. The maximum Gasteiger partial charge on any atom is 0.142 e. The fourth-order valence-corrected chi connectivity index (χ4v) is 1.94. The predicted octanol–water partition coefficient (Wildman–Crippen LogP) is 1.65. The Kier molecular flexibility index (Phi) is 3.88. The molecule has 0 saturated heterocycles. The van der Waals surface area contributed by atoms with Gasteiger partial charge in [-0.1, -0.05) is 0 Å². The third-order valence-electron chi connectivity index (χ3n) is 2.76. The molecule has 1 unspecified atom stereocenters. The van der Waals surface area contributed by atoms with Gasteiger partial charge in [0.05, 0.1) is 18.3 Å². The second-order valence-corrected chi connectivity index (χ2v) is 4.00. The van der Waals surface area contributed by atoms with Crippen LogP contribution in [-0.2, 0) is 16.0 Å². The first-order valence-corrected chi connectivity index (χ1v) is 5.62. The molecule has 0 aliphatic carbocycles. The fourth-order valence-electron chi connectivity index (χ4n) is 1.94. The molecule has 1 aliphatic rings. The van der Waals surface area contributed by atoms with Crippen LogP contribution >= 0.6 is 0 Å². The van der Waals surface area contributed by atoms with E-state index in [4.69, 9.17) is 9.47 Å². The van der Waals surface area contributed by atoms with E-state index in [1.807, 2.05) is 6.07 Å². The summed E-state index contributed by atoms with van der Waals surface area (Å²) in [4.78, 5) is 21.5. The van der Waals surface area contributed by atoms with Gasteiger partial charge in [0, 0.05) is 19.6 Å². The zero-order chi connectivity index (χ0) is 13.0. The number of rotatable bonds is 6. The number of anilines is 1. The molecule has 2 rings (SSSR count). The van der Waals surface area contributed by atoms with Gasteiger partial charge in [-0.25, -0.2) is 0 Å². The van der Waals surface area contributed by atoms with Crippen LogP contribution in [0.3, 0.4) is 0 Å². The number of benzene rings is 1. The molecule has 0 spiro atoms. The molecule has 1 N–H and O–H groups in total. The van der Waals surface area contributed by atoms with Crippen LogP contribution in [0, 0.1) is 4.91 Å². The van der Waals surface area contributed by atoms with Crippen LogP contribution in [0.5, 0.6) is 5.75 Å². The van der Waals surface area contributed by atoms with Gasteiger partial charge in [0.2, 0.25) is 0 Å². The molecule has 1 heterocycles. The molecule has 0 radical (unpaired) electrons. The first kappa shape index (κ1) is 12.5. The highest BCUT2D eigenvalue weighted by Gasteiger charge is 2.24. The number of ether oxygens (including phenoxy) is 2. The molecule has 6 nitrogen and oxygen atoms in total. The summed E-state index contributed by atoms with van der Waals surface area (Å²) in [6, 6.07) is 3.08. The van der Waals surface area contributed by atoms with Crippen molar-refractivity contribution in [3.63, 3.8) is 0 Å². The van der Waals surface area contributed by atoms with Crippen LogP contribution in [0.2, 0.25) is 0 Å². The maximum atomic E-state index is 10.8. The molecular weight excluding hydrogens is 236 g/mol. The number of carbonyl (C=O) groups excluding carboxylic acids is 1. The molecule has 1 aliphatic heterocycles. The number of hydrogen-bond acceptors (Lipinski definition) is 6. The van der Waals surface area contributed by atoms with E-state index in [-0.39, 0.29) is 11.7 Å². The Balaban J connectivity index is 2.21. The number of fused-ring (bicyclic) bond motifs is 1. The van der Waals surface area contributed by atoms with Gasteiger partial charge < -0.3 is 19.6 Å². The second kappa shape index (κ2) is 5.59. The summed E-state index contributed by atoms with van der Waals surface area (Å²) in [6.45, 7) is 0.869. The van der Waals surface area contributed by atoms with Crippen LogP contribution in [0.15, 0.2) is 17.3 Å².